The Hall–Kier alpha value is -2.29. The van der Waals surface area contributed by atoms with Gasteiger partial charge in [0.15, 0.2) is 12.4 Å². The molecule has 1 saturated heterocycles. The molecule has 1 aliphatic heterocycles. The first-order chi connectivity index (χ1) is 13.4. The maximum atomic E-state index is 12.6. The summed E-state index contributed by atoms with van der Waals surface area (Å²) in [5.41, 5.74) is 0.412. The van der Waals surface area contributed by atoms with E-state index in [0.717, 1.165) is 0 Å². The summed E-state index contributed by atoms with van der Waals surface area (Å²) in [6.07, 6.45) is 3.49. The summed E-state index contributed by atoms with van der Waals surface area (Å²) in [7, 11) is -3.62. The largest absolute Gasteiger partial charge is 0.457 e. The molecular weight excluding hydrogens is 404 g/mol. The number of benzene rings is 1. The predicted molar refractivity (Wildman–Crippen MR) is 102 cm³/mol. The van der Waals surface area contributed by atoms with Gasteiger partial charge in [-0.2, -0.15) is 4.31 Å². The monoisotopic (exact) mass is 422 g/mol. The number of hydrogen-bond donors (Lipinski definition) is 0. The van der Waals surface area contributed by atoms with E-state index in [4.69, 9.17) is 16.3 Å². The van der Waals surface area contributed by atoms with Crippen molar-refractivity contribution in [2.75, 3.05) is 19.7 Å². The van der Waals surface area contributed by atoms with Crippen LogP contribution < -0.4 is 0 Å². The van der Waals surface area contributed by atoms with E-state index in [1.54, 1.807) is 30.3 Å². The minimum atomic E-state index is -3.62. The van der Waals surface area contributed by atoms with Gasteiger partial charge in [-0.25, -0.2) is 8.42 Å². The molecule has 2 aromatic rings. The quantitative estimate of drug-likeness (QED) is 0.524. The van der Waals surface area contributed by atoms with Crippen molar-refractivity contribution in [1.82, 2.24) is 9.29 Å². The highest BCUT2D eigenvalue weighted by atomic mass is 35.5. The van der Waals surface area contributed by atoms with Gasteiger partial charge in [-0.15, -0.1) is 0 Å². The zero-order valence-electron chi connectivity index (χ0n) is 15.0. The molecule has 9 heteroatoms. The molecule has 1 fully saturated rings. The third kappa shape index (κ3) is 4.76. The normalized spacial score (nSPS) is 15.9. The van der Waals surface area contributed by atoms with Gasteiger partial charge >= 0.3 is 5.97 Å². The van der Waals surface area contributed by atoms with E-state index in [9.17, 15) is 18.0 Å². The summed E-state index contributed by atoms with van der Waals surface area (Å²) >= 11 is 5.78. The highest BCUT2D eigenvalue weighted by molar-refractivity contribution is 7.89. The number of hydrogen-bond acceptors (Lipinski definition) is 6. The second-order valence-corrected chi connectivity index (χ2v) is 8.78. The standard InChI is InChI=1S/C19H19ClN2O5S/c20-16-5-3-14(4-6-16)18(23)13-27-19(24)15-7-10-22(11-8-15)28(25,26)17-2-1-9-21-12-17/h1-6,9,12,15H,7-8,10-11,13H2. The fourth-order valence-corrected chi connectivity index (χ4v) is 4.51. The molecule has 1 aromatic heterocycles. The molecule has 0 saturated carbocycles. The topological polar surface area (TPSA) is 93.6 Å². The molecule has 0 unspecified atom stereocenters. The van der Waals surface area contributed by atoms with Crippen molar-refractivity contribution in [3.63, 3.8) is 0 Å². The van der Waals surface area contributed by atoms with Crippen LogP contribution in [0.3, 0.4) is 0 Å². The molecule has 1 aromatic carbocycles. The summed E-state index contributed by atoms with van der Waals surface area (Å²) in [6, 6.07) is 9.38. The minimum absolute atomic E-state index is 0.129. The van der Waals surface area contributed by atoms with Crippen molar-refractivity contribution in [3.8, 4) is 0 Å². The van der Waals surface area contributed by atoms with E-state index in [-0.39, 0.29) is 30.4 Å². The minimum Gasteiger partial charge on any atom is -0.457 e. The number of esters is 1. The predicted octanol–water partition coefficient (Wildman–Crippen LogP) is 2.56. The highest BCUT2D eigenvalue weighted by Gasteiger charge is 2.33. The van der Waals surface area contributed by atoms with Gasteiger partial charge in [0, 0.05) is 36.1 Å². The number of piperidine rings is 1. The van der Waals surface area contributed by atoms with Crippen LogP contribution in [0.15, 0.2) is 53.7 Å². The average molecular weight is 423 g/mol. The van der Waals surface area contributed by atoms with Crippen molar-refractivity contribution < 1.29 is 22.7 Å². The fraction of sp³-hybridized carbons (Fsp3) is 0.316. The summed E-state index contributed by atoms with van der Waals surface area (Å²) in [5, 5.41) is 0.515. The first-order valence-corrected chi connectivity index (χ1v) is 10.6. The molecule has 0 radical (unpaired) electrons. The Kier molecular flexibility index (Phi) is 6.43. The second-order valence-electron chi connectivity index (χ2n) is 6.40. The Morgan fingerprint density at radius 2 is 1.82 bits per heavy atom. The average Bonchev–Trinajstić information content (AvgIpc) is 2.73. The Morgan fingerprint density at radius 3 is 2.43 bits per heavy atom. The Labute approximate surface area is 168 Å². The third-order valence-electron chi connectivity index (χ3n) is 4.57. The maximum Gasteiger partial charge on any atom is 0.309 e. The molecule has 2 heterocycles. The molecular formula is C19H19ClN2O5S. The number of nitrogens with zero attached hydrogens (tertiary/aromatic N) is 2. The van der Waals surface area contributed by atoms with E-state index in [1.807, 2.05) is 0 Å². The van der Waals surface area contributed by atoms with Crippen molar-refractivity contribution >= 4 is 33.4 Å². The number of Topliss-reactive ketones (excluding diaryl/α,β-unsaturated/α-hetero) is 1. The van der Waals surface area contributed by atoms with Gasteiger partial charge in [0.05, 0.1) is 5.92 Å². The third-order valence-corrected chi connectivity index (χ3v) is 6.71. The van der Waals surface area contributed by atoms with Crippen molar-refractivity contribution in [2.45, 2.75) is 17.7 Å². The lowest BCUT2D eigenvalue weighted by atomic mass is 9.98. The SMILES string of the molecule is O=C(COC(=O)C1CCN(S(=O)(=O)c2cccnc2)CC1)c1ccc(Cl)cc1. The van der Waals surface area contributed by atoms with Gasteiger partial charge in [0.25, 0.3) is 0 Å². The smallest absolute Gasteiger partial charge is 0.309 e. The molecule has 0 bridgehead atoms. The number of halogens is 1. The van der Waals surface area contributed by atoms with E-state index < -0.39 is 21.9 Å². The van der Waals surface area contributed by atoms with Gasteiger partial charge in [0.1, 0.15) is 4.90 Å². The molecule has 28 heavy (non-hydrogen) atoms. The summed E-state index contributed by atoms with van der Waals surface area (Å²) in [5.74, 6) is -1.24. The molecule has 0 spiro atoms. The van der Waals surface area contributed by atoms with Crippen molar-refractivity contribution in [1.29, 1.82) is 0 Å². The van der Waals surface area contributed by atoms with Crippen LogP contribution in [-0.4, -0.2) is 49.2 Å². The van der Waals surface area contributed by atoms with Crippen LogP contribution in [0.2, 0.25) is 5.02 Å². The summed E-state index contributed by atoms with van der Waals surface area (Å²) in [4.78, 5) is 28.3. The van der Waals surface area contributed by atoms with E-state index in [0.29, 0.717) is 23.4 Å². The Balaban J connectivity index is 1.51. The molecule has 0 atom stereocenters. The van der Waals surface area contributed by atoms with Crippen LogP contribution in [0.5, 0.6) is 0 Å². The van der Waals surface area contributed by atoms with Crippen molar-refractivity contribution in [2.24, 2.45) is 5.92 Å². The fourth-order valence-electron chi connectivity index (χ4n) is 2.95. The molecule has 3 rings (SSSR count). The number of ketones is 1. The lowest BCUT2D eigenvalue weighted by molar-refractivity contribution is -0.148. The maximum absolute atomic E-state index is 12.6. The van der Waals surface area contributed by atoms with Crippen LogP contribution in [-0.2, 0) is 19.6 Å². The highest BCUT2D eigenvalue weighted by Crippen LogP contribution is 2.24. The van der Waals surface area contributed by atoms with Gasteiger partial charge in [-0.05, 0) is 49.2 Å². The number of aromatic nitrogens is 1. The van der Waals surface area contributed by atoms with E-state index in [1.165, 1.54) is 22.8 Å². The number of rotatable bonds is 6. The number of carbonyl (C=O) groups excluding carboxylic acids is 2. The van der Waals surface area contributed by atoms with Gasteiger partial charge in [-0.3, -0.25) is 14.6 Å². The van der Waals surface area contributed by atoms with Crippen LogP contribution in [0.25, 0.3) is 0 Å². The first kappa shape index (κ1) is 20.4. The number of pyridine rings is 1. The Morgan fingerprint density at radius 1 is 1.14 bits per heavy atom. The van der Waals surface area contributed by atoms with Crippen LogP contribution >= 0.6 is 11.6 Å². The zero-order chi connectivity index (χ0) is 20.1. The van der Waals surface area contributed by atoms with E-state index >= 15 is 0 Å². The summed E-state index contributed by atoms with van der Waals surface area (Å²) < 4.78 is 31.6. The van der Waals surface area contributed by atoms with E-state index in [2.05, 4.69) is 4.98 Å². The Bertz CT molecular complexity index is 940. The van der Waals surface area contributed by atoms with Gasteiger partial charge in [0.2, 0.25) is 10.0 Å². The summed E-state index contributed by atoms with van der Waals surface area (Å²) in [6.45, 7) is 0.0684. The van der Waals surface area contributed by atoms with Gasteiger partial charge < -0.3 is 4.74 Å². The molecule has 0 aliphatic carbocycles. The van der Waals surface area contributed by atoms with Gasteiger partial charge in [-0.1, -0.05) is 11.6 Å². The van der Waals surface area contributed by atoms with Crippen LogP contribution in [0, 0.1) is 5.92 Å². The second kappa shape index (κ2) is 8.81. The zero-order valence-corrected chi connectivity index (χ0v) is 16.5. The van der Waals surface area contributed by atoms with Crippen LogP contribution in [0.4, 0.5) is 0 Å². The molecule has 148 valence electrons. The van der Waals surface area contributed by atoms with Crippen molar-refractivity contribution in [3.05, 3.63) is 59.4 Å². The first-order valence-electron chi connectivity index (χ1n) is 8.73. The van der Waals surface area contributed by atoms with Crippen LogP contribution in [0.1, 0.15) is 23.2 Å². The molecule has 7 nitrogen and oxygen atoms in total. The number of ether oxygens (including phenoxy) is 1. The molecule has 1 aliphatic rings. The number of sulfonamides is 1. The lowest BCUT2D eigenvalue weighted by Gasteiger charge is -2.29. The molecule has 0 N–H and O–H groups in total. The number of carbonyl (C=O) groups is 2. The molecule has 0 amide bonds. The lowest BCUT2D eigenvalue weighted by Crippen LogP contribution is -2.40.